The van der Waals surface area contributed by atoms with Crippen LogP contribution >= 0.6 is 15.9 Å². The molecule has 0 saturated heterocycles. The van der Waals surface area contributed by atoms with Crippen molar-refractivity contribution in [3.05, 3.63) is 11.8 Å². The number of hydrogen-bond donors (Lipinski definition) is 1. The van der Waals surface area contributed by atoms with Crippen LogP contribution in [0.5, 0.6) is 0 Å². The van der Waals surface area contributed by atoms with Gasteiger partial charge in [0.05, 0.1) is 16.2 Å². The lowest BCUT2D eigenvalue weighted by Crippen LogP contribution is -2.70. The first-order valence-corrected chi connectivity index (χ1v) is 9.26. The van der Waals surface area contributed by atoms with Crippen LogP contribution in [0.3, 0.4) is 0 Å². The Labute approximate surface area is 154 Å². The Morgan fingerprint density at radius 1 is 1.19 bits per heavy atom. The highest BCUT2D eigenvalue weighted by Gasteiger charge is 2.74. The molecule has 4 fully saturated rings. The second-order valence-electron chi connectivity index (χ2n) is 7.41. The Hall–Kier alpha value is -1.49. The van der Waals surface area contributed by atoms with E-state index in [-0.39, 0.29) is 35.9 Å². The van der Waals surface area contributed by atoms with Gasteiger partial charge in [0.15, 0.2) is 5.60 Å². The lowest BCUT2D eigenvalue weighted by atomic mass is 9.34. The molecule has 0 aromatic carbocycles. The van der Waals surface area contributed by atoms with E-state index >= 15 is 0 Å². The molecule has 0 unspecified atom stereocenters. The summed E-state index contributed by atoms with van der Waals surface area (Å²) in [4.78, 5) is 23.5. The van der Waals surface area contributed by atoms with E-state index in [0.717, 1.165) is 0 Å². The van der Waals surface area contributed by atoms with Gasteiger partial charge in [-0.3, -0.25) is 19.6 Å². The smallest absolute Gasteiger partial charge is 0.421 e. The van der Waals surface area contributed by atoms with E-state index in [9.17, 15) is 22.8 Å². The minimum atomic E-state index is -4.78. The molecule has 4 aliphatic rings. The molecule has 11 heteroatoms. The third-order valence-corrected chi connectivity index (χ3v) is 6.14. The third kappa shape index (κ3) is 2.58. The van der Waals surface area contributed by atoms with Crippen LogP contribution < -0.4 is 5.32 Å². The summed E-state index contributed by atoms with van der Waals surface area (Å²) in [7, 11) is 0. The summed E-state index contributed by atoms with van der Waals surface area (Å²) in [6.07, 6.45) is -2.54. The Morgan fingerprint density at radius 2 is 1.81 bits per heavy atom. The van der Waals surface area contributed by atoms with Crippen LogP contribution in [-0.4, -0.2) is 33.7 Å². The van der Waals surface area contributed by atoms with Crippen LogP contribution in [-0.2, 0) is 25.3 Å². The van der Waals surface area contributed by atoms with Crippen LogP contribution in [0.15, 0.2) is 4.42 Å². The summed E-state index contributed by atoms with van der Waals surface area (Å²) < 4.78 is 47.8. The second-order valence-corrected chi connectivity index (χ2v) is 7.97. The topological polar surface area (TPSA) is 94.3 Å². The molecule has 2 bridgehead atoms. The van der Waals surface area contributed by atoms with E-state index < -0.39 is 28.7 Å². The number of alkyl halides is 4. The molecular formula is C15H15BrF3N3O4. The van der Waals surface area contributed by atoms with Crippen molar-refractivity contribution >= 4 is 27.7 Å². The minimum Gasteiger partial charge on any atom is -0.421 e. The normalized spacial score (nSPS) is 31.4. The van der Waals surface area contributed by atoms with Gasteiger partial charge < -0.3 is 4.42 Å². The van der Waals surface area contributed by atoms with E-state index in [4.69, 9.17) is 4.42 Å². The fourth-order valence-corrected chi connectivity index (χ4v) is 4.39. The molecular weight excluding hydrogens is 423 g/mol. The summed E-state index contributed by atoms with van der Waals surface area (Å²) in [5.74, 6) is -0.663. The molecule has 0 aliphatic heterocycles. The molecule has 1 heterocycles. The van der Waals surface area contributed by atoms with Crippen LogP contribution in [0, 0.1) is 5.41 Å². The first-order valence-electron chi connectivity index (χ1n) is 8.14. The quantitative estimate of drug-likeness (QED) is 0.710. The summed E-state index contributed by atoms with van der Waals surface area (Å²) in [6, 6.07) is 0. The minimum absolute atomic E-state index is 0.0360. The van der Waals surface area contributed by atoms with E-state index in [2.05, 4.69) is 36.2 Å². The van der Waals surface area contributed by atoms with Gasteiger partial charge in [0, 0.05) is 0 Å². The highest BCUT2D eigenvalue weighted by atomic mass is 79.9. The van der Waals surface area contributed by atoms with Gasteiger partial charge in [0.1, 0.15) is 0 Å². The van der Waals surface area contributed by atoms with Gasteiger partial charge in [0.2, 0.25) is 23.6 Å². The highest BCUT2D eigenvalue weighted by molar-refractivity contribution is 9.09. The van der Waals surface area contributed by atoms with Gasteiger partial charge in [-0.15, -0.1) is 23.4 Å². The Kier molecular flexibility index (Phi) is 3.79. The first-order chi connectivity index (χ1) is 12.1. The van der Waals surface area contributed by atoms with Gasteiger partial charge in [-0.25, -0.2) is 0 Å². The molecule has 0 atom stereocenters. The van der Waals surface area contributed by atoms with Gasteiger partial charge in [-0.1, -0.05) is 15.9 Å². The zero-order valence-corrected chi connectivity index (χ0v) is 15.1. The largest absolute Gasteiger partial charge is 0.523 e. The first kappa shape index (κ1) is 17.9. The third-order valence-electron chi connectivity index (χ3n) is 5.63. The van der Waals surface area contributed by atoms with Crippen LogP contribution in [0.4, 0.5) is 13.2 Å². The standard InChI is InChI=1S/C15H15BrF3N3O4/c16-4-8(23)20-9(24)12-5-13(6-12,7-12)10-21-22-11(25-10)14(2-1-3-14)26-15(17,18)19/h1-7H2,(H,20,23,24). The SMILES string of the molecule is O=C(CBr)NC(=O)C12CC(c3nnc(C4(OC(F)(F)F)CCC4)o3)(C1)C2. The molecule has 142 valence electrons. The molecule has 0 spiro atoms. The number of rotatable bonds is 5. The summed E-state index contributed by atoms with van der Waals surface area (Å²) >= 11 is 2.97. The molecule has 1 N–H and O–H groups in total. The molecule has 5 rings (SSSR count). The van der Waals surface area contributed by atoms with Gasteiger partial charge >= 0.3 is 6.36 Å². The fraction of sp³-hybridized carbons (Fsp3) is 0.733. The number of nitrogens with one attached hydrogen (secondary N) is 1. The van der Waals surface area contributed by atoms with Gasteiger partial charge in [0.25, 0.3) is 0 Å². The molecule has 2 amide bonds. The molecule has 1 aromatic heterocycles. The number of ether oxygens (including phenoxy) is 1. The zero-order valence-electron chi connectivity index (χ0n) is 13.5. The van der Waals surface area contributed by atoms with Crippen LogP contribution in [0.25, 0.3) is 0 Å². The number of imide groups is 1. The average Bonchev–Trinajstić information content (AvgIpc) is 2.88. The van der Waals surface area contributed by atoms with Crippen molar-refractivity contribution in [2.75, 3.05) is 5.33 Å². The number of hydrogen-bond acceptors (Lipinski definition) is 6. The van der Waals surface area contributed by atoms with E-state index in [0.29, 0.717) is 25.7 Å². The van der Waals surface area contributed by atoms with Crippen LogP contribution in [0.2, 0.25) is 0 Å². The maximum atomic E-state index is 12.7. The number of nitrogens with zero attached hydrogens (tertiary/aromatic N) is 2. The summed E-state index contributed by atoms with van der Waals surface area (Å²) in [5, 5.41) is 10.1. The predicted molar refractivity (Wildman–Crippen MR) is 81.9 cm³/mol. The molecule has 7 nitrogen and oxygen atoms in total. The van der Waals surface area contributed by atoms with Gasteiger partial charge in [-0.2, -0.15) is 0 Å². The summed E-state index contributed by atoms with van der Waals surface area (Å²) in [6.45, 7) is 0. The van der Waals surface area contributed by atoms with Crippen molar-refractivity contribution in [1.29, 1.82) is 0 Å². The molecule has 1 aromatic rings. The van der Waals surface area contributed by atoms with Crippen molar-refractivity contribution < 1.29 is 31.9 Å². The zero-order chi connectivity index (χ0) is 18.8. The van der Waals surface area contributed by atoms with E-state index in [1.165, 1.54) is 0 Å². The number of aromatic nitrogens is 2. The van der Waals surface area contributed by atoms with Crippen molar-refractivity contribution in [1.82, 2.24) is 15.5 Å². The Morgan fingerprint density at radius 3 is 2.31 bits per heavy atom. The maximum absolute atomic E-state index is 12.7. The Balaban J connectivity index is 1.45. The van der Waals surface area contributed by atoms with E-state index in [1.54, 1.807) is 0 Å². The predicted octanol–water partition coefficient (Wildman–Crippen LogP) is 2.44. The fourth-order valence-electron chi connectivity index (χ4n) is 4.25. The highest BCUT2D eigenvalue weighted by Crippen LogP contribution is 2.73. The molecule has 26 heavy (non-hydrogen) atoms. The van der Waals surface area contributed by atoms with Crippen molar-refractivity contribution in [3.63, 3.8) is 0 Å². The number of halogens is 4. The number of amides is 2. The summed E-state index contributed by atoms with van der Waals surface area (Å²) in [5.41, 5.74) is -2.70. The van der Waals surface area contributed by atoms with E-state index in [1.807, 2.05) is 0 Å². The second kappa shape index (κ2) is 5.51. The molecule has 4 aliphatic carbocycles. The maximum Gasteiger partial charge on any atom is 0.523 e. The number of carbonyl (C=O) groups excluding carboxylic acids is 2. The van der Waals surface area contributed by atoms with Crippen LogP contribution in [0.1, 0.15) is 50.3 Å². The molecule has 0 radical (unpaired) electrons. The lowest BCUT2D eigenvalue weighted by Gasteiger charge is -2.67. The van der Waals surface area contributed by atoms with Crippen molar-refractivity contribution in [3.8, 4) is 0 Å². The average molecular weight is 438 g/mol. The number of carbonyl (C=O) groups is 2. The monoisotopic (exact) mass is 437 g/mol. The Bertz CT molecular complexity index is 755. The lowest BCUT2D eigenvalue weighted by molar-refractivity contribution is -0.387. The van der Waals surface area contributed by atoms with Crippen molar-refractivity contribution in [2.24, 2.45) is 5.41 Å². The van der Waals surface area contributed by atoms with Crippen molar-refractivity contribution in [2.45, 2.75) is 55.9 Å². The van der Waals surface area contributed by atoms with Gasteiger partial charge in [-0.05, 0) is 38.5 Å². The molecule has 4 saturated carbocycles.